The minimum atomic E-state index is -0.883. The second-order valence-corrected chi connectivity index (χ2v) is 6.30. The summed E-state index contributed by atoms with van der Waals surface area (Å²) in [6.07, 6.45) is 0. The predicted molar refractivity (Wildman–Crippen MR) is 99.6 cm³/mol. The number of hydrogen-bond donors (Lipinski definition) is 1. The molecular formula is C20H16ClFN2O2. The summed E-state index contributed by atoms with van der Waals surface area (Å²) in [5.41, 5.74) is 2.49. The summed E-state index contributed by atoms with van der Waals surface area (Å²) in [5, 5.41) is 2.93. The number of halogens is 2. The van der Waals surface area contributed by atoms with E-state index in [0.717, 1.165) is 11.4 Å². The normalized spacial score (nSPS) is 10.6. The van der Waals surface area contributed by atoms with E-state index < -0.39 is 17.5 Å². The van der Waals surface area contributed by atoms with Crippen molar-refractivity contribution in [2.24, 2.45) is 0 Å². The fraction of sp³-hybridized carbons (Fsp3) is 0.100. The maximum atomic E-state index is 13.7. The molecule has 2 aromatic carbocycles. The highest BCUT2D eigenvalue weighted by Crippen LogP contribution is 2.23. The first-order valence-corrected chi connectivity index (χ1v) is 8.31. The smallest absolute Gasteiger partial charge is 0.296 e. The van der Waals surface area contributed by atoms with Gasteiger partial charge < -0.3 is 9.88 Å². The van der Waals surface area contributed by atoms with Crippen LogP contribution in [0, 0.1) is 19.7 Å². The third kappa shape index (κ3) is 3.39. The quantitative estimate of drug-likeness (QED) is 0.534. The Morgan fingerprint density at radius 2 is 1.69 bits per heavy atom. The monoisotopic (exact) mass is 370 g/mol. The number of amides is 1. The summed E-state index contributed by atoms with van der Waals surface area (Å²) in [6, 6.07) is 14.5. The van der Waals surface area contributed by atoms with Gasteiger partial charge in [-0.1, -0.05) is 23.7 Å². The molecule has 0 unspecified atom stereocenters. The zero-order valence-corrected chi connectivity index (χ0v) is 15.0. The van der Waals surface area contributed by atoms with Gasteiger partial charge in [-0.15, -0.1) is 0 Å². The topological polar surface area (TPSA) is 51.1 Å². The van der Waals surface area contributed by atoms with Gasteiger partial charge in [-0.3, -0.25) is 9.59 Å². The lowest BCUT2D eigenvalue weighted by atomic mass is 10.1. The molecule has 0 radical (unpaired) electrons. The van der Waals surface area contributed by atoms with Gasteiger partial charge in [0, 0.05) is 27.7 Å². The van der Waals surface area contributed by atoms with Crippen LogP contribution in [0.25, 0.3) is 5.69 Å². The molecule has 1 amide bonds. The van der Waals surface area contributed by atoms with Crippen molar-refractivity contribution >= 4 is 29.0 Å². The number of aryl methyl sites for hydroxylation is 1. The Morgan fingerprint density at radius 3 is 2.35 bits per heavy atom. The van der Waals surface area contributed by atoms with Crippen LogP contribution < -0.4 is 5.32 Å². The molecule has 0 spiro atoms. The van der Waals surface area contributed by atoms with Gasteiger partial charge in [0.05, 0.1) is 5.69 Å². The molecule has 0 saturated heterocycles. The lowest BCUT2D eigenvalue weighted by Crippen LogP contribution is -2.23. The molecule has 0 aliphatic heterocycles. The Hall–Kier alpha value is -2.92. The minimum absolute atomic E-state index is 0.0302. The van der Waals surface area contributed by atoms with Crippen molar-refractivity contribution in [1.29, 1.82) is 0 Å². The van der Waals surface area contributed by atoms with Crippen molar-refractivity contribution in [2.45, 2.75) is 13.8 Å². The zero-order valence-electron chi connectivity index (χ0n) is 14.2. The number of aromatic nitrogens is 1. The van der Waals surface area contributed by atoms with Crippen LogP contribution >= 0.6 is 11.6 Å². The molecule has 132 valence electrons. The molecule has 0 saturated carbocycles. The molecule has 0 fully saturated rings. The highest BCUT2D eigenvalue weighted by molar-refractivity contribution is 6.46. The lowest BCUT2D eigenvalue weighted by molar-refractivity contribution is -0.112. The first kappa shape index (κ1) is 17.9. The zero-order chi connectivity index (χ0) is 18.8. The van der Waals surface area contributed by atoms with Crippen LogP contribution in [-0.4, -0.2) is 16.3 Å². The maximum Gasteiger partial charge on any atom is 0.296 e. The molecule has 0 atom stereocenters. The summed E-state index contributed by atoms with van der Waals surface area (Å²) < 4.78 is 15.5. The molecule has 26 heavy (non-hydrogen) atoms. The third-order valence-electron chi connectivity index (χ3n) is 4.09. The SMILES string of the molecule is Cc1cc(C(=O)C(=O)Nc2ccccc2F)c(C)n1-c1ccc(Cl)cc1. The number of para-hydroxylation sites is 1. The number of nitrogens with one attached hydrogen (secondary N) is 1. The molecule has 6 heteroatoms. The number of Topliss-reactive ketones (excluding diaryl/α,β-unsaturated/α-hetero) is 1. The van der Waals surface area contributed by atoms with Gasteiger partial charge in [-0.05, 0) is 56.3 Å². The summed E-state index contributed by atoms with van der Waals surface area (Å²) in [6.45, 7) is 3.60. The summed E-state index contributed by atoms with van der Waals surface area (Å²) in [4.78, 5) is 24.8. The molecule has 1 aromatic heterocycles. The van der Waals surface area contributed by atoms with E-state index in [2.05, 4.69) is 5.32 Å². The molecular weight excluding hydrogens is 355 g/mol. The van der Waals surface area contributed by atoms with Gasteiger partial charge in [0.25, 0.3) is 11.7 Å². The Balaban J connectivity index is 1.91. The van der Waals surface area contributed by atoms with E-state index in [1.54, 1.807) is 31.2 Å². The van der Waals surface area contributed by atoms with Crippen molar-refractivity contribution in [3.8, 4) is 5.69 Å². The van der Waals surface area contributed by atoms with Crippen molar-refractivity contribution in [2.75, 3.05) is 5.32 Å². The number of carbonyl (C=O) groups is 2. The van der Waals surface area contributed by atoms with Crippen molar-refractivity contribution < 1.29 is 14.0 Å². The number of carbonyl (C=O) groups excluding carboxylic acids is 2. The van der Waals surface area contributed by atoms with E-state index in [1.165, 1.54) is 18.2 Å². The van der Waals surface area contributed by atoms with Crippen LogP contribution in [0.5, 0.6) is 0 Å². The Kier molecular flexibility index (Phi) is 4.91. The summed E-state index contributed by atoms with van der Waals surface area (Å²) >= 11 is 5.92. The van der Waals surface area contributed by atoms with Gasteiger partial charge >= 0.3 is 0 Å². The highest BCUT2D eigenvalue weighted by atomic mass is 35.5. The summed E-state index contributed by atoms with van der Waals surface area (Å²) in [5.74, 6) is -2.20. The van der Waals surface area contributed by atoms with E-state index in [-0.39, 0.29) is 11.3 Å². The van der Waals surface area contributed by atoms with E-state index in [4.69, 9.17) is 11.6 Å². The average Bonchev–Trinajstić information content (AvgIpc) is 2.91. The number of nitrogens with zero attached hydrogens (tertiary/aromatic N) is 1. The van der Waals surface area contributed by atoms with E-state index >= 15 is 0 Å². The van der Waals surface area contributed by atoms with Crippen LogP contribution in [0.1, 0.15) is 21.7 Å². The second-order valence-electron chi connectivity index (χ2n) is 5.86. The van der Waals surface area contributed by atoms with Crippen molar-refractivity contribution in [3.05, 3.63) is 82.4 Å². The Labute approximate surface area is 155 Å². The second kappa shape index (κ2) is 7.14. The number of anilines is 1. The predicted octanol–water partition coefficient (Wildman–Crippen LogP) is 4.71. The first-order chi connectivity index (χ1) is 12.4. The fourth-order valence-electron chi connectivity index (χ4n) is 2.84. The van der Waals surface area contributed by atoms with E-state index in [0.29, 0.717) is 10.7 Å². The van der Waals surface area contributed by atoms with Gasteiger partial charge in [-0.2, -0.15) is 0 Å². The van der Waals surface area contributed by atoms with E-state index in [1.807, 2.05) is 23.6 Å². The third-order valence-corrected chi connectivity index (χ3v) is 4.34. The Morgan fingerprint density at radius 1 is 1.04 bits per heavy atom. The summed E-state index contributed by atoms with van der Waals surface area (Å²) in [7, 11) is 0. The molecule has 0 aliphatic rings. The number of rotatable bonds is 4. The maximum absolute atomic E-state index is 13.7. The van der Waals surface area contributed by atoms with E-state index in [9.17, 15) is 14.0 Å². The van der Waals surface area contributed by atoms with Gasteiger partial charge in [0.15, 0.2) is 0 Å². The largest absolute Gasteiger partial charge is 0.318 e. The van der Waals surface area contributed by atoms with Crippen LogP contribution in [0.2, 0.25) is 5.02 Å². The van der Waals surface area contributed by atoms with Crippen molar-refractivity contribution in [1.82, 2.24) is 4.57 Å². The molecule has 1 heterocycles. The number of benzene rings is 2. The van der Waals surface area contributed by atoms with Crippen LogP contribution in [-0.2, 0) is 4.79 Å². The minimum Gasteiger partial charge on any atom is -0.318 e. The Bertz CT molecular complexity index is 994. The molecule has 0 aliphatic carbocycles. The van der Waals surface area contributed by atoms with Gasteiger partial charge in [-0.25, -0.2) is 4.39 Å². The highest BCUT2D eigenvalue weighted by Gasteiger charge is 2.23. The van der Waals surface area contributed by atoms with Crippen LogP contribution in [0.4, 0.5) is 10.1 Å². The average molecular weight is 371 g/mol. The van der Waals surface area contributed by atoms with Crippen LogP contribution in [0.3, 0.4) is 0 Å². The van der Waals surface area contributed by atoms with Gasteiger partial charge in [0.2, 0.25) is 0 Å². The van der Waals surface area contributed by atoms with Crippen molar-refractivity contribution in [3.63, 3.8) is 0 Å². The number of hydrogen-bond acceptors (Lipinski definition) is 2. The lowest BCUT2D eigenvalue weighted by Gasteiger charge is -2.10. The fourth-order valence-corrected chi connectivity index (χ4v) is 2.97. The molecule has 1 N–H and O–H groups in total. The standard InChI is InChI=1S/C20H16ClFN2O2/c1-12-11-16(13(2)24(12)15-9-7-14(21)8-10-15)19(25)20(26)23-18-6-4-3-5-17(18)22/h3-11H,1-2H3,(H,23,26). The number of ketones is 1. The van der Waals surface area contributed by atoms with Gasteiger partial charge in [0.1, 0.15) is 5.82 Å². The molecule has 4 nitrogen and oxygen atoms in total. The first-order valence-electron chi connectivity index (χ1n) is 7.93. The molecule has 3 aromatic rings. The molecule has 0 bridgehead atoms. The molecule has 3 rings (SSSR count). The van der Waals surface area contributed by atoms with Crippen LogP contribution in [0.15, 0.2) is 54.6 Å².